The van der Waals surface area contributed by atoms with E-state index < -0.39 is 0 Å². The lowest BCUT2D eigenvalue weighted by Gasteiger charge is -2.31. The molecular formula is C14H27N3S. The van der Waals surface area contributed by atoms with Crippen molar-refractivity contribution in [3.63, 3.8) is 0 Å². The van der Waals surface area contributed by atoms with Crippen LogP contribution in [0.5, 0.6) is 0 Å². The first-order valence-electron chi connectivity index (χ1n) is 7.26. The Kier molecular flexibility index (Phi) is 5.37. The SMILES string of the molecule is CN(C)CCCCNC1=NCC2(CCCC2)CS1. The summed E-state index contributed by atoms with van der Waals surface area (Å²) < 4.78 is 0. The van der Waals surface area contributed by atoms with Gasteiger partial charge in [0, 0.05) is 18.8 Å². The molecule has 0 aromatic rings. The number of unbranched alkanes of at least 4 members (excludes halogenated alkanes) is 1. The van der Waals surface area contributed by atoms with Gasteiger partial charge in [-0.3, -0.25) is 4.99 Å². The predicted octanol–water partition coefficient (Wildman–Crippen LogP) is 2.58. The van der Waals surface area contributed by atoms with E-state index in [0.717, 1.165) is 13.1 Å². The summed E-state index contributed by atoms with van der Waals surface area (Å²) in [4.78, 5) is 7.00. The van der Waals surface area contributed by atoms with Crippen molar-refractivity contribution in [3.8, 4) is 0 Å². The van der Waals surface area contributed by atoms with Gasteiger partial charge in [-0.2, -0.15) is 0 Å². The van der Waals surface area contributed by atoms with E-state index in [4.69, 9.17) is 4.99 Å². The lowest BCUT2D eigenvalue weighted by molar-refractivity contribution is 0.358. The van der Waals surface area contributed by atoms with Crippen molar-refractivity contribution in [2.45, 2.75) is 38.5 Å². The van der Waals surface area contributed by atoms with Crippen LogP contribution in [0.25, 0.3) is 0 Å². The fourth-order valence-electron chi connectivity index (χ4n) is 2.83. The van der Waals surface area contributed by atoms with Crippen LogP contribution < -0.4 is 5.32 Å². The molecule has 0 aromatic heterocycles. The van der Waals surface area contributed by atoms with E-state index >= 15 is 0 Å². The minimum Gasteiger partial charge on any atom is -0.365 e. The van der Waals surface area contributed by atoms with Crippen LogP contribution in [-0.4, -0.2) is 49.6 Å². The summed E-state index contributed by atoms with van der Waals surface area (Å²) in [7, 11) is 4.27. The molecule has 0 aromatic carbocycles. The van der Waals surface area contributed by atoms with E-state index in [9.17, 15) is 0 Å². The molecule has 1 aliphatic heterocycles. The van der Waals surface area contributed by atoms with Crippen molar-refractivity contribution in [2.75, 3.05) is 39.5 Å². The molecule has 3 nitrogen and oxygen atoms in total. The van der Waals surface area contributed by atoms with Gasteiger partial charge in [-0.05, 0) is 51.7 Å². The average Bonchev–Trinajstić information content (AvgIpc) is 2.80. The van der Waals surface area contributed by atoms with Crippen molar-refractivity contribution in [2.24, 2.45) is 10.4 Å². The second-order valence-corrected chi connectivity index (χ2v) is 7.02. The number of amidine groups is 1. The molecule has 1 aliphatic carbocycles. The number of thioether (sulfide) groups is 1. The van der Waals surface area contributed by atoms with Crippen molar-refractivity contribution in [3.05, 3.63) is 0 Å². The lowest BCUT2D eigenvalue weighted by Crippen LogP contribution is -2.33. The van der Waals surface area contributed by atoms with E-state index in [1.165, 1.54) is 56.0 Å². The normalized spacial score (nSPS) is 22.5. The van der Waals surface area contributed by atoms with E-state index in [1.807, 2.05) is 11.8 Å². The molecule has 0 amide bonds. The first kappa shape index (κ1) is 14.2. The Morgan fingerprint density at radius 1 is 1.28 bits per heavy atom. The average molecular weight is 269 g/mol. The molecule has 0 saturated heterocycles. The Morgan fingerprint density at radius 3 is 2.67 bits per heavy atom. The standard InChI is InChI=1S/C14H27N3S/c1-17(2)10-6-5-9-15-13-16-11-14(12-18-13)7-3-4-8-14/h3-12H2,1-2H3,(H,15,16). The highest BCUT2D eigenvalue weighted by molar-refractivity contribution is 8.13. The van der Waals surface area contributed by atoms with Gasteiger partial charge in [0.2, 0.25) is 0 Å². The van der Waals surface area contributed by atoms with Crippen molar-refractivity contribution >= 4 is 16.9 Å². The maximum atomic E-state index is 4.76. The summed E-state index contributed by atoms with van der Waals surface area (Å²) in [6.07, 6.45) is 8.15. The van der Waals surface area contributed by atoms with Gasteiger partial charge in [-0.25, -0.2) is 0 Å². The number of hydrogen-bond acceptors (Lipinski definition) is 4. The van der Waals surface area contributed by atoms with Gasteiger partial charge in [-0.1, -0.05) is 24.6 Å². The van der Waals surface area contributed by atoms with Crippen LogP contribution in [0, 0.1) is 5.41 Å². The molecule has 1 spiro atoms. The number of aliphatic imine (C=N–C) groups is 1. The smallest absolute Gasteiger partial charge is 0.156 e. The third kappa shape index (κ3) is 4.16. The molecule has 0 atom stereocenters. The Hall–Kier alpha value is -0.220. The van der Waals surface area contributed by atoms with E-state index in [-0.39, 0.29) is 0 Å². The van der Waals surface area contributed by atoms with Crippen LogP contribution in [0.1, 0.15) is 38.5 Å². The molecule has 4 heteroatoms. The zero-order valence-corrected chi connectivity index (χ0v) is 12.7. The quantitative estimate of drug-likeness (QED) is 0.777. The van der Waals surface area contributed by atoms with Gasteiger partial charge in [0.25, 0.3) is 0 Å². The summed E-state index contributed by atoms with van der Waals surface area (Å²) in [5, 5.41) is 4.69. The van der Waals surface area contributed by atoms with Crippen LogP contribution in [0.15, 0.2) is 4.99 Å². The first-order chi connectivity index (χ1) is 8.70. The molecule has 0 unspecified atom stereocenters. The molecule has 0 radical (unpaired) electrons. The highest BCUT2D eigenvalue weighted by Crippen LogP contribution is 2.43. The topological polar surface area (TPSA) is 27.6 Å². The molecular weight excluding hydrogens is 242 g/mol. The third-order valence-corrected chi connectivity index (χ3v) is 5.35. The highest BCUT2D eigenvalue weighted by Gasteiger charge is 2.36. The molecule has 1 heterocycles. The van der Waals surface area contributed by atoms with E-state index in [1.54, 1.807) is 0 Å². The minimum absolute atomic E-state index is 0.570. The predicted molar refractivity (Wildman–Crippen MR) is 81.5 cm³/mol. The maximum Gasteiger partial charge on any atom is 0.156 e. The van der Waals surface area contributed by atoms with Crippen LogP contribution in [0.4, 0.5) is 0 Å². The fourth-order valence-corrected chi connectivity index (χ4v) is 4.02. The molecule has 2 rings (SSSR count). The van der Waals surface area contributed by atoms with Crippen LogP contribution in [0.2, 0.25) is 0 Å². The number of rotatable bonds is 5. The fraction of sp³-hybridized carbons (Fsp3) is 0.929. The zero-order valence-electron chi connectivity index (χ0n) is 11.9. The first-order valence-corrected chi connectivity index (χ1v) is 8.25. The summed E-state index contributed by atoms with van der Waals surface area (Å²) in [6.45, 7) is 3.33. The Bertz CT molecular complexity index is 283. The summed E-state index contributed by atoms with van der Waals surface area (Å²) in [5.41, 5.74) is 0.570. The van der Waals surface area contributed by atoms with Crippen LogP contribution in [0.3, 0.4) is 0 Å². The van der Waals surface area contributed by atoms with Crippen molar-refractivity contribution in [1.82, 2.24) is 10.2 Å². The van der Waals surface area contributed by atoms with Crippen molar-refractivity contribution in [1.29, 1.82) is 0 Å². The zero-order chi connectivity index (χ0) is 12.8. The van der Waals surface area contributed by atoms with E-state index in [0.29, 0.717) is 5.41 Å². The minimum atomic E-state index is 0.570. The van der Waals surface area contributed by atoms with Gasteiger partial charge >= 0.3 is 0 Å². The third-order valence-electron chi connectivity index (χ3n) is 4.05. The van der Waals surface area contributed by atoms with Crippen LogP contribution in [-0.2, 0) is 0 Å². The molecule has 2 aliphatic rings. The Balaban J connectivity index is 1.61. The molecule has 0 bridgehead atoms. The Labute approximate surface area is 116 Å². The molecule has 1 fully saturated rings. The highest BCUT2D eigenvalue weighted by atomic mass is 32.2. The monoisotopic (exact) mass is 269 g/mol. The van der Waals surface area contributed by atoms with Gasteiger partial charge in [0.15, 0.2) is 5.17 Å². The van der Waals surface area contributed by atoms with Gasteiger partial charge in [-0.15, -0.1) is 0 Å². The van der Waals surface area contributed by atoms with E-state index in [2.05, 4.69) is 24.3 Å². The number of nitrogens with zero attached hydrogens (tertiary/aromatic N) is 2. The summed E-state index contributed by atoms with van der Waals surface area (Å²) in [5.74, 6) is 1.29. The van der Waals surface area contributed by atoms with Gasteiger partial charge in [0.1, 0.15) is 0 Å². The maximum absolute atomic E-state index is 4.76. The molecule has 18 heavy (non-hydrogen) atoms. The lowest BCUT2D eigenvalue weighted by atomic mass is 9.89. The second kappa shape index (κ2) is 6.80. The summed E-state index contributed by atoms with van der Waals surface area (Å²) in [6, 6.07) is 0. The molecule has 1 N–H and O–H groups in total. The van der Waals surface area contributed by atoms with Crippen molar-refractivity contribution < 1.29 is 0 Å². The van der Waals surface area contributed by atoms with Crippen LogP contribution >= 0.6 is 11.8 Å². The summed E-state index contributed by atoms with van der Waals surface area (Å²) >= 11 is 1.95. The number of hydrogen-bond donors (Lipinski definition) is 1. The molecule has 104 valence electrons. The van der Waals surface area contributed by atoms with Gasteiger partial charge < -0.3 is 10.2 Å². The largest absolute Gasteiger partial charge is 0.365 e. The second-order valence-electron chi connectivity index (χ2n) is 6.05. The van der Waals surface area contributed by atoms with Gasteiger partial charge in [0.05, 0.1) is 0 Å². The Morgan fingerprint density at radius 2 is 2.06 bits per heavy atom. The molecule has 1 saturated carbocycles. The number of nitrogens with one attached hydrogen (secondary N) is 1.